The molecule has 2 aromatic rings. The third-order valence-corrected chi connectivity index (χ3v) is 5.23. The number of aliphatic carboxylic acids is 1. The van der Waals surface area contributed by atoms with Crippen molar-refractivity contribution in [2.24, 2.45) is 5.92 Å². The third kappa shape index (κ3) is 4.22. The molecule has 28 heavy (non-hydrogen) atoms. The molecule has 146 valence electrons. The highest BCUT2D eigenvalue weighted by Crippen LogP contribution is 2.30. The molecule has 1 fully saturated rings. The summed E-state index contributed by atoms with van der Waals surface area (Å²) in [7, 11) is 0. The minimum atomic E-state index is -1.20. The Bertz CT molecular complexity index is 877. The van der Waals surface area contributed by atoms with Gasteiger partial charge in [-0.1, -0.05) is 43.3 Å². The Morgan fingerprint density at radius 3 is 2.39 bits per heavy atom. The quantitative estimate of drug-likeness (QED) is 0.655. The van der Waals surface area contributed by atoms with Crippen LogP contribution in [0.2, 0.25) is 0 Å². The molecule has 2 amide bonds. The minimum Gasteiger partial charge on any atom is -0.481 e. The lowest BCUT2D eigenvalue weighted by Crippen LogP contribution is -2.46. The zero-order valence-corrected chi connectivity index (χ0v) is 15.8. The summed E-state index contributed by atoms with van der Waals surface area (Å²) in [5.41, 5.74) is 0.384. The average molecular weight is 380 g/mol. The zero-order chi connectivity index (χ0) is 20.1. The van der Waals surface area contributed by atoms with E-state index in [1.54, 1.807) is 55.5 Å². The van der Waals surface area contributed by atoms with Crippen molar-refractivity contribution in [2.45, 2.75) is 31.6 Å². The van der Waals surface area contributed by atoms with Crippen LogP contribution in [0.15, 0.2) is 54.6 Å². The predicted molar refractivity (Wildman–Crippen MR) is 106 cm³/mol. The number of nitrogens with one attached hydrogen (secondary N) is 2. The van der Waals surface area contributed by atoms with E-state index in [1.165, 1.54) is 0 Å². The first-order chi connectivity index (χ1) is 13.5. The standard InChI is InChI=1S/C22H24N2O4/c1-2-22(21(27)28,17-8-4-3-5-9-17)14-23-19(25)16-7-6-10-18(13-16)24-20(26)15-11-12-15/h3-10,13,15H,2,11-12,14H2,1H3,(H,23,25)(H,24,26)(H,27,28). The lowest BCUT2D eigenvalue weighted by Gasteiger charge is -2.29. The molecular formula is C22H24N2O4. The van der Waals surface area contributed by atoms with E-state index in [1.807, 2.05) is 6.07 Å². The van der Waals surface area contributed by atoms with Gasteiger partial charge in [0.1, 0.15) is 5.41 Å². The summed E-state index contributed by atoms with van der Waals surface area (Å²) in [4.78, 5) is 36.6. The smallest absolute Gasteiger partial charge is 0.315 e. The molecule has 1 saturated carbocycles. The van der Waals surface area contributed by atoms with Crippen LogP contribution in [-0.2, 0) is 15.0 Å². The molecule has 0 heterocycles. The fourth-order valence-corrected chi connectivity index (χ4v) is 3.20. The number of carboxylic acid groups (broad SMARTS) is 1. The second-order valence-corrected chi connectivity index (χ2v) is 7.13. The number of carboxylic acids is 1. The number of carbonyl (C=O) groups excluding carboxylic acids is 2. The molecule has 0 spiro atoms. The van der Waals surface area contributed by atoms with Crippen LogP contribution in [0.3, 0.4) is 0 Å². The first-order valence-corrected chi connectivity index (χ1v) is 9.44. The number of benzene rings is 2. The third-order valence-electron chi connectivity index (χ3n) is 5.23. The molecule has 6 heteroatoms. The number of rotatable bonds is 8. The number of carbonyl (C=O) groups is 3. The van der Waals surface area contributed by atoms with E-state index in [0.29, 0.717) is 23.2 Å². The molecule has 0 radical (unpaired) electrons. The van der Waals surface area contributed by atoms with Crippen molar-refractivity contribution in [3.8, 4) is 0 Å². The Morgan fingerprint density at radius 1 is 1.07 bits per heavy atom. The van der Waals surface area contributed by atoms with Crippen molar-refractivity contribution >= 4 is 23.5 Å². The van der Waals surface area contributed by atoms with E-state index in [2.05, 4.69) is 10.6 Å². The Balaban J connectivity index is 1.72. The van der Waals surface area contributed by atoms with Gasteiger partial charge >= 0.3 is 5.97 Å². The Hall–Kier alpha value is -3.15. The Kier molecular flexibility index (Phi) is 5.78. The fourth-order valence-electron chi connectivity index (χ4n) is 3.20. The molecule has 0 aliphatic heterocycles. The molecule has 1 unspecified atom stereocenters. The molecule has 0 saturated heterocycles. The zero-order valence-electron chi connectivity index (χ0n) is 15.8. The van der Waals surface area contributed by atoms with Crippen molar-refractivity contribution in [2.75, 3.05) is 11.9 Å². The normalized spacial score (nSPS) is 15.3. The predicted octanol–water partition coefficient (Wildman–Crippen LogP) is 3.20. The van der Waals surface area contributed by atoms with E-state index < -0.39 is 11.4 Å². The van der Waals surface area contributed by atoms with Gasteiger partial charge in [0.05, 0.1) is 0 Å². The maximum Gasteiger partial charge on any atom is 0.315 e. The summed E-state index contributed by atoms with van der Waals surface area (Å²) in [5, 5.41) is 15.4. The highest BCUT2D eigenvalue weighted by atomic mass is 16.4. The lowest BCUT2D eigenvalue weighted by molar-refractivity contribution is -0.143. The molecule has 3 rings (SSSR count). The maximum atomic E-state index is 12.6. The summed E-state index contributed by atoms with van der Waals surface area (Å²) >= 11 is 0. The van der Waals surface area contributed by atoms with Gasteiger partial charge in [-0.2, -0.15) is 0 Å². The highest BCUT2D eigenvalue weighted by Gasteiger charge is 2.39. The van der Waals surface area contributed by atoms with Crippen LogP contribution < -0.4 is 10.6 Å². The molecule has 3 N–H and O–H groups in total. The van der Waals surface area contributed by atoms with Gasteiger partial charge in [0, 0.05) is 23.7 Å². The fraction of sp³-hybridized carbons (Fsp3) is 0.318. The van der Waals surface area contributed by atoms with Crippen LogP contribution in [0.5, 0.6) is 0 Å². The monoisotopic (exact) mass is 380 g/mol. The SMILES string of the molecule is CCC(CNC(=O)c1cccc(NC(=O)C2CC2)c1)(C(=O)O)c1ccccc1. The van der Waals surface area contributed by atoms with Crippen molar-refractivity contribution in [3.05, 3.63) is 65.7 Å². The van der Waals surface area contributed by atoms with Gasteiger partial charge in [0.25, 0.3) is 5.91 Å². The van der Waals surface area contributed by atoms with Crippen LogP contribution in [0.4, 0.5) is 5.69 Å². The van der Waals surface area contributed by atoms with Crippen molar-refractivity contribution in [3.63, 3.8) is 0 Å². The van der Waals surface area contributed by atoms with Gasteiger partial charge in [-0.05, 0) is 43.0 Å². The van der Waals surface area contributed by atoms with Crippen LogP contribution in [0.1, 0.15) is 42.1 Å². The van der Waals surface area contributed by atoms with Gasteiger partial charge in [-0.15, -0.1) is 0 Å². The summed E-state index contributed by atoms with van der Waals surface area (Å²) in [6.07, 6.45) is 2.14. The van der Waals surface area contributed by atoms with Crippen LogP contribution in [0.25, 0.3) is 0 Å². The largest absolute Gasteiger partial charge is 0.481 e. The van der Waals surface area contributed by atoms with E-state index in [0.717, 1.165) is 12.8 Å². The average Bonchev–Trinajstić information content (AvgIpc) is 3.55. The van der Waals surface area contributed by atoms with Gasteiger partial charge in [0.15, 0.2) is 0 Å². The topological polar surface area (TPSA) is 95.5 Å². The second-order valence-electron chi connectivity index (χ2n) is 7.13. The summed E-state index contributed by atoms with van der Waals surface area (Å²) in [6, 6.07) is 15.6. The molecule has 1 aliphatic rings. The van der Waals surface area contributed by atoms with E-state index >= 15 is 0 Å². The van der Waals surface area contributed by atoms with Crippen molar-refractivity contribution in [1.82, 2.24) is 5.32 Å². The van der Waals surface area contributed by atoms with Gasteiger partial charge in [0.2, 0.25) is 5.91 Å². The molecule has 0 aromatic heterocycles. The molecular weight excluding hydrogens is 356 g/mol. The van der Waals surface area contributed by atoms with Crippen LogP contribution >= 0.6 is 0 Å². The molecule has 1 atom stereocenters. The van der Waals surface area contributed by atoms with E-state index in [-0.39, 0.29) is 24.3 Å². The number of hydrogen-bond acceptors (Lipinski definition) is 3. The maximum absolute atomic E-state index is 12.6. The second kappa shape index (κ2) is 8.25. The van der Waals surface area contributed by atoms with Gasteiger partial charge < -0.3 is 15.7 Å². The molecule has 6 nitrogen and oxygen atoms in total. The van der Waals surface area contributed by atoms with Crippen LogP contribution in [-0.4, -0.2) is 29.4 Å². The summed E-state index contributed by atoms with van der Waals surface area (Å²) in [5.74, 6) is -1.31. The number of hydrogen-bond donors (Lipinski definition) is 3. The van der Waals surface area contributed by atoms with Gasteiger partial charge in [-0.25, -0.2) is 0 Å². The molecule has 0 bridgehead atoms. The molecule has 2 aromatic carbocycles. The first-order valence-electron chi connectivity index (χ1n) is 9.44. The van der Waals surface area contributed by atoms with Gasteiger partial charge in [-0.3, -0.25) is 14.4 Å². The first kappa shape index (κ1) is 19.6. The number of anilines is 1. The Labute approximate surface area is 164 Å². The summed E-state index contributed by atoms with van der Waals surface area (Å²) < 4.78 is 0. The van der Waals surface area contributed by atoms with Crippen LogP contribution in [0, 0.1) is 5.92 Å². The highest BCUT2D eigenvalue weighted by molar-refractivity contribution is 5.98. The lowest BCUT2D eigenvalue weighted by atomic mass is 9.78. The van der Waals surface area contributed by atoms with E-state index in [9.17, 15) is 19.5 Å². The van der Waals surface area contributed by atoms with Crippen molar-refractivity contribution in [1.29, 1.82) is 0 Å². The minimum absolute atomic E-state index is 0.0274. The van der Waals surface area contributed by atoms with Crippen molar-refractivity contribution < 1.29 is 19.5 Å². The number of amides is 2. The summed E-state index contributed by atoms with van der Waals surface area (Å²) in [6.45, 7) is 1.77. The Morgan fingerprint density at radius 2 is 1.79 bits per heavy atom. The van der Waals surface area contributed by atoms with E-state index in [4.69, 9.17) is 0 Å². The molecule has 1 aliphatic carbocycles.